The van der Waals surface area contributed by atoms with Gasteiger partial charge < -0.3 is 19.2 Å². The second-order valence-electron chi connectivity index (χ2n) is 7.02. The van der Waals surface area contributed by atoms with Crippen LogP contribution in [0.1, 0.15) is 44.6 Å². The quantitative estimate of drug-likeness (QED) is 0.589. The number of rotatable bonds is 5. The lowest BCUT2D eigenvalue weighted by atomic mass is 9.97. The van der Waals surface area contributed by atoms with Crippen molar-refractivity contribution in [1.82, 2.24) is 4.98 Å². The van der Waals surface area contributed by atoms with Crippen LogP contribution in [0.15, 0.2) is 18.2 Å². The number of carbonyl (C=O) groups excluding carboxylic acids is 3. The Hall–Kier alpha value is -2.80. The number of halogens is 1. The lowest BCUT2D eigenvalue weighted by molar-refractivity contribution is -0.152. The van der Waals surface area contributed by atoms with Crippen LogP contribution in [0.5, 0.6) is 5.75 Å². The number of carbonyl (C=O) groups is 3. The molecule has 0 bridgehead atoms. The maximum absolute atomic E-state index is 12.8. The standard InChI is InChI=1S/C21H22ClNO6/c1-10-17(21(26)27-4)11(2)23-18(10)19(24)12(3)29-20(25)14-7-13-8-15(22)5-6-16(13)28-9-14/h5-6,8,12,14,23H,7,9H2,1-4H3/t12-,14-/m1/s1. The molecule has 0 aliphatic carbocycles. The molecule has 0 fully saturated rings. The molecule has 154 valence electrons. The molecule has 0 radical (unpaired) electrons. The van der Waals surface area contributed by atoms with E-state index in [2.05, 4.69) is 4.98 Å². The van der Waals surface area contributed by atoms with Gasteiger partial charge in [-0.2, -0.15) is 0 Å². The van der Waals surface area contributed by atoms with Crippen LogP contribution in [0.3, 0.4) is 0 Å². The maximum atomic E-state index is 12.8. The molecule has 1 aromatic carbocycles. The number of aromatic nitrogens is 1. The first-order valence-electron chi connectivity index (χ1n) is 9.16. The molecule has 1 aliphatic heterocycles. The zero-order valence-corrected chi connectivity index (χ0v) is 17.4. The van der Waals surface area contributed by atoms with E-state index in [1.54, 1.807) is 32.0 Å². The van der Waals surface area contributed by atoms with E-state index in [1.165, 1.54) is 14.0 Å². The molecule has 3 rings (SSSR count). The number of H-pyrrole nitrogens is 1. The minimum Gasteiger partial charge on any atom is -0.492 e. The molecule has 0 spiro atoms. The first kappa shape index (κ1) is 20.9. The minimum atomic E-state index is -1.02. The van der Waals surface area contributed by atoms with Crippen LogP contribution in [0, 0.1) is 19.8 Å². The Morgan fingerprint density at radius 2 is 2.00 bits per heavy atom. The molecule has 29 heavy (non-hydrogen) atoms. The van der Waals surface area contributed by atoms with Gasteiger partial charge in [-0.15, -0.1) is 0 Å². The summed E-state index contributed by atoms with van der Waals surface area (Å²) in [5.41, 5.74) is 2.34. The van der Waals surface area contributed by atoms with Crippen LogP contribution < -0.4 is 4.74 Å². The van der Waals surface area contributed by atoms with E-state index < -0.39 is 29.7 Å². The largest absolute Gasteiger partial charge is 0.492 e. The summed E-state index contributed by atoms with van der Waals surface area (Å²) in [7, 11) is 1.28. The molecule has 2 aromatic rings. The summed E-state index contributed by atoms with van der Waals surface area (Å²) in [6, 6.07) is 5.24. The summed E-state index contributed by atoms with van der Waals surface area (Å²) >= 11 is 6.01. The molecule has 1 aromatic heterocycles. The Bertz CT molecular complexity index is 980. The van der Waals surface area contributed by atoms with Crippen molar-refractivity contribution in [2.75, 3.05) is 13.7 Å². The van der Waals surface area contributed by atoms with Crippen LogP contribution in [-0.2, 0) is 20.7 Å². The Labute approximate surface area is 173 Å². The van der Waals surface area contributed by atoms with Crippen LogP contribution in [0.2, 0.25) is 5.02 Å². The normalized spacial score (nSPS) is 16.4. The number of fused-ring (bicyclic) bond motifs is 1. The van der Waals surface area contributed by atoms with E-state index in [1.807, 2.05) is 0 Å². The van der Waals surface area contributed by atoms with Crippen molar-refractivity contribution < 1.29 is 28.6 Å². The third-order valence-corrected chi connectivity index (χ3v) is 5.23. The fourth-order valence-electron chi connectivity index (χ4n) is 3.45. The highest BCUT2D eigenvalue weighted by Gasteiger charge is 2.32. The van der Waals surface area contributed by atoms with Crippen LogP contribution in [0.4, 0.5) is 0 Å². The molecule has 7 nitrogen and oxygen atoms in total. The van der Waals surface area contributed by atoms with E-state index in [9.17, 15) is 14.4 Å². The number of Topliss-reactive ketones (excluding diaryl/α,β-unsaturated/α-hetero) is 1. The predicted molar refractivity (Wildman–Crippen MR) is 106 cm³/mol. The molecule has 8 heteroatoms. The lowest BCUT2D eigenvalue weighted by Crippen LogP contribution is -2.34. The third kappa shape index (κ3) is 4.15. The zero-order valence-electron chi connectivity index (χ0n) is 16.6. The summed E-state index contributed by atoms with van der Waals surface area (Å²) in [5.74, 6) is -1.32. The highest BCUT2D eigenvalue weighted by Crippen LogP contribution is 2.30. The van der Waals surface area contributed by atoms with Gasteiger partial charge in [0.25, 0.3) is 0 Å². The number of ketones is 1. The summed E-state index contributed by atoms with van der Waals surface area (Å²) < 4.78 is 15.8. The number of aromatic amines is 1. The fourth-order valence-corrected chi connectivity index (χ4v) is 3.64. The number of benzene rings is 1. The maximum Gasteiger partial charge on any atom is 0.339 e. The first-order valence-corrected chi connectivity index (χ1v) is 9.54. The molecule has 1 N–H and O–H groups in total. The van der Waals surface area contributed by atoms with Crippen LogP contribution in [0.25, 0.3) is 0 Å². The molecule has 0 saturated carbocycles. The average Bonchev–Trinajstić information content (AvgIpc) is 3.00. The SMILES string of the molecule is COC(=O)c1c(C)[nH]c(C(=O)[C@@H](C)OC(=O)[C@H]2COc3ccc(Cl)cc3C2)c1C. The summed E-state index contributed by atoms with van der Waals surface area (Å²) in [4.78, 5) is 40.2. The van der Waals surface area contributed by atoms with Crippen LogP contribution >= 0.6 is 11.6 Å². The topological polar surface area (TPSA) is 94.7 Å². The summed E-state index contributed by atoms with van der Waals surface area (Å²) in [6.07, 6.45) is -0.603. The van der Waals surface area contributed by atoms with Crippen molar-refractivity contribution in [2.24, 2.45) is 5.92 Å². The molecule has 0 amide bonds. The molecular formula is C21H22ClNO6. The number of hydrogen-bond donors (Lipinski definition) is 1. The lowest BCUT2D eigenvalue weighted by Gasteiger charge is -2.25. The number of nitrogens with one attached hydrogen (secondary N) is 1. The van der Waals surface area contributed by atoms with Gasteiger partial charge in [0, 0.05) is 10.7 Å². The zero-order chi connectivity index (χ0) is 21.3. The van der Waals surface area contributed by atoms with Gasteiger partial charge in [0.2, 0.25) is 5.78 Å². The van der Waals surface area contributed by atoms with Gasteiger partial charge in [-0.25, -0.2) is 4.79 Å². The first-order chi connectivity index (χ1) is 13.7. The second-order valence-corrected chi connectivity index (χ2v) is 7.46. The number of methoxy groups -OCH3 is 1. The number of ether oxygens (including phenoxy) is 3. The van der Waals surface area contributed by atoms with Crippen molar-refractivity contribution in [3.63, 3.8) is 0 Å². The van der Waals surface area contributed by atoms with E-state index >= 15 is 0 Å². The minimum absolute atomic E-state index is 0.168. The van der Waals surface area contributed by atoms with Crippen molar-refractivity contribution in [3.8, 4) is 5.75 Å². The Morgan fingerprint density at radius 3 is 2.69 bits per heavy atom. The number of esters is 2. The highest BCUT2D eigenvalue weighted by atomic mass is 35.5. The molecule has 0 unspecified atom stereocenters. The van der Waals surface area contributed by atoms with Crippen molar-refractivity contribution in [3.05, 3.63) is 51.3 Å². The van der Waals surface area contributed by atoms with Gasteiger partial charge >= 0.3 is 11.9 Å². The van der Waals surface area contributed by atoms with Gasteiger partial charge in [-0.3, -0.25) is 9.59 Å². The fraction of sp³-hybridized carbons (Fsp3) is 0.381. The van der Waals surface area contributed by atoms with Gasteiger partial charge in [0.1, 0.15) is 12.4 Å². The molecule has 2 atom stereocenters. The number of aryl methyl sites for hydroxylation is 1. The smallest absolute Gasteiger partial charge is 0.339 e. The molecule has 2 heterocycles. The van der Waals surface area contributed by atoms with Crippen molar-refractivity contribution in [1.29, 1.82) is 0 Å². The Kier molecular flexibility index (Phi) is 5.98. The van der Waals surface area contributed by atoms with Gasteiger partial charge in [-0.1, -0.05) is 11.6 Å². The van der Waals surface area contributed by atoms with E-state index in [4.69, 9.17) is 25.8 Å². The predicted octanol–water partition coefficient (Wildman–Crippen LogP) is 3.44. The highest BCUT2D eigenvalue weighted by molar-refractivity contribution is 6.30. The van der Waals surface area contributed by atoms with Crippen molar-refractivity contribution >= 4 is 29.3 Å². The molecular weight excluding hydrogens is 398 g/mol. The van der Waals surface area contributed by atoms with Gasteiger partial charge in [0.05, 0.1) is 24.3 Å². The van der Waals surface area contributed by atoms with Gasteiger partial charge in [-0.05, 0) is 56.5 Å². The van der Waals surface area contributed by atoms with E-state index in [0.29, 0.717) is 34.0 Å². The van der Waals surface area contributed by atoms with Crippen LogP contribution in [-0.4, -0.2) is 42.5 Å². The Morgan fingerprint density at radius 1 is 1.28 bits per heavy atom. The van der Waals surface area contributed by atoms with E-state index in [-0.39, 0.29) is 12.3 Å². The van der Waals surface area contributed by atoms with Gasteiger partial charge in [0.15, 0.2) is 6.10 Å². The second kappa shape index (κ2) is 8.29. The van der Waals surface area contributed by atoms with Crippen molar-refractivity contribution in [2.45, 2.75) is 33.3 Å². The molecule has 1 aliphatic rings. The van der Waals surface area contributed by atoms with E-state index in [0.717, 1.165) is 5.56 Å². The monoisotopic (exact) mass is 419 g/mol. The average molecular weight is 420 g/mol. The molecule has 0 saturated heterocycles. The Balaban J connectivity index is 1.70. The summed E-state index contributed by atoms with van der Waals surface area (Å²) in [5, 5.41) is 0.559. The summed E-state index contributed by atoms with van der Waals surface area (Å²) in [6.45, 7) is 4.99. The third-order valence-electron chi connectivity index (χ3n) is 5.00. The number of hydrogen-bond acceptors (Lipinski definition) is 6.